The molecule has 2 heterocycles. The number of carboxylic acids is 1. The molecule has 0 spiro atoms. The third kappa shape index (κ3) is 7.05. The van der Waals surface area contributed by atoms with Gasteiger partial charge in [-0.15, -0.1) is 0 Å². The maximum absolute atomic E-state index is 15.5. The number of rotatable bonds is 9. The van der Waals surface area contributed by atoms with Crippen LogP contribution in [0.2, 0.25) is 0 Å². The van der Waals surface area contributed by atoms with E-state index in [1.165, 1.54) is 12.1 Å². The highest BCUT2D eigenvalue weighted by Gasteiger charge is 2.30. The second-order valence-corrected chi connectivity index (χ2v) is 9.73. The van der Waals surface area contributed by atoms with Crippen LogP contribution in [0.3, 0.4) is 0 Å². The van der Waals surface area contributed by atoms with Crippen LogP contribution in [0.1, 0.15) is 49.4 Å². The predicted molar refractivity (Wildman–Crippen MR) is 140 cm³/mol. The number of piperidine rings is 1. The molecule has 1 N–H and O–H groups in total. The Balaban J connectivity index is 1.40. The molecule has 3 aromatic rings. The lowest BCUT2D eigenvalue weighted by Crippen LogP contribution is -2.41. The molecule has 1 saturated heterocycles. The van der Waals surface area contributed by atoms with E-state index in [1.807, 2.05) is 6.07 Å². The van der Waals surface area contributed by atoms with E-state index in [1.54, 1.807) is 31.5 Å². The first-order chi connectivity index (χ1) is 18.3. The van der Waals surface area contributed by atoms with Gasteiger partial charge in [-0.25, -0.2) is 13.2 Å². The smallest absolute Gasteiger partial charge is 0.303 e. The van der Waals surface area contributed by atoms with Crippen molar-refractivity contribution in [1.29, 1.82) is 0 Å². The maximum Gasteiger partial charge on any atom is 0.303 e. The van der Waals surface area contributed by atoms with Gasteiger partial charge < -0.3 is 9.84 Å². The lowest BCUT2D eigenvalue weighted by Gasteiger charge is -2.38. The zero-order valence-electron chi connectivity index (χ0n) is 21.3. The lowest BCUT2D eigenvalue weighted by atomic mass is 9.79. The highest BCUT2D eigenvalue weighted by atomic mass is 19.1. The molecular formula is C30H31F3N2O3. The first-order valence-corrected chi connectivity index (χ1v) is 12.8. The first-order valence-electron chi connectivity index (χ1n) is 12.8. The summed E-state index contributed by atoms with van der Waals surface area (Å²) in [5, 5.41) is 9.97. The zero-order chi connectivity index (χ0) is 27.1. The van der Waals surface area contributed by atoms with Crippen molar-refractivity contribution in [2.75, 3.05) is 26.7 Å². The molecule has 2 unspecified atom stereocenters. The van der Waals surface area contributed by atoms with Gasteiger partial charge in [-0.2, -0.15) is 0 Å². The van der Waals surface area contributed by atoms with Crippen molar-refractivity contribution in [3.63, 3.8) is 0 Å². The van der Waals surface area contributed by atoms with Gasteiger partial charge in [0.2, 0.25) is 0 Å². The summed E-state index contributed by atoms with van der Waals surface area (Å²) in [6, 6.07) is 10.4. The van der Waals surface area contributed by atoms with Gasteiger partial charge in [0, 0.05) is 30.6 Å². The number of fused-ring (bicyclic) bond motifs is 1. The van der Waals surface area contributed by atoms with Crippen LogP contribution < -0.4 is 4.74 Å². The van der Waals surface area contributed by atoms with E-state index in [9.17, 15) is 18.7 Å². The summed E-state index contributed by atoms with van der Waals surface area (Å²) in [6.45, 7) is 1.77. The van der Waals surface area contributed by atoms with Crippen molar-refractivity contribution in [3.05, 3.63) is 71.4 Å². The van der Waals surface area contributed by atoms with E-state index in [4.69, 9.17) is 4.74 Å². The predicted octanol–water partition coefficient (Wildman–Crippen LogP) is 6.17. The number of aliphatic carboxylic acids is 1. The molecule has 0 saturated carbocycles. The molecule has 0 aliphatic carbocycles. The summed E-state index contributed by atoms with van der Waals surface area (Å²) in [5.74, 6) is 4.43. The molecule has 5 nitrogen and oxygen atoms in total. The highest BCUT2D eigenvalue weighted by molar-refractivity contribution is 5.83. The Kier molecular flexibility index (Phi) is 9.24. The number of nitrogens with zero attached hydrogens (tertiary/aromatic N) is 2. The molecule has 1 aliphatic heterocycles. The number of carbonyl (C=O) groups is 1. The van der Waals surface area contributed by atoms with Crippen molar-refractivity contribution in [2.24, 2.45) is 11.8 Å². The molecular weight excluding hydrogens is 493 g/mol. The standard InChI is InChI=1S/C30H31F3N2O3/c1-38-24-8-10-29-26(18-24)25(12-14-34-29)27(32)9-5-20-13-16-35(19-22(20)6-11-30(36)37)15-2-3-21-4-7-23(31)17-28(21)33/h4,7-8,10,12,14,17-18,20,22,27H,5-6,9,11,13,15-16,19H2,1H3,(H,36,37)/t20?,22?,27-/m0/s1. The second-order valence-electron chi connectivity index (χ2n) is 9.73. The van der Waals surface area contributed by atoms with E-state index >= 15 is 4.39 Å². The molecule has 38 heavy (non-hydrogen) atoms. The van der Waals surface area contributed by atoms with Crippen molar-refractivity contribution in [2.45, 2.75) is 38.3 Å². The van der Waals surface area contributed by atoms with Crippen molar-refractivity contribution in [3.8, 4) is 17.6 Å². The SMILES string of the molecule is COc1ccc2nccc([C@@H](F)CCC3CCN(CC#Cc4ccc(F)cc4F)CC3CCC(=O)O)c2c1. The quantitative estimate of drug-likeness (QED) is 0.340. The molecule has 200 valence electrons. The highest BCUT2D eigenvalue weighted by Crippen LogP contribution is 2.36. The normalized spacial score (nSPS) is 18.5. The van der Waals surface area contributed by atoms with Gasteiger partial charge in [0.15, 0.2) is 0 Å². The van der Waals surface area contributed by atoms with Crippen molar-refractivity contribution >= 4 is 16.9 Å². The summed E-state index contributed by atoms with van der Waals surface area (Å²) in [7, 11) is 1.57. The number of ether oxygens (including phenoxy) is 1. The number of hydrogen-bond acceptors (Lipinski definition) is 4. The summed E-state index contributed by atoms with van der Waals surface area (Å²) >= 11 is 0. The molecule has 3 atom stereocenters. The average Bonchev–Trinajstić information content (AvgIpc) is 2.91. The molecule has 0 radical (unpaired) electrons. The fourth-order valence-corrected chi connectivity index (χ4v) is 5.22. The Hall–Kier alpha value is -3.57. The Morgan fingerprint density at radius 3 is 2.79 bits per heavy atom. The van der Waals surface area contributed by atoms with E-state index < -0.39 is 23.8 Å². The number of pyridine rings is 1. The molecule has 1 aliphatic rings. The van der Waals surface area contributed by atoms with E-state index in [0.717, 1.165) is 24.4 Å². The van der Waals surface area contributed by atoms with Crippen LogP contribution in [0.15, 0.2) is 48.7 Å². The molecule has 4 rings (SSSR count). The molecule has 1 fully saturated rings. The van der Waals surface area contributed by atoms with Crippen LogP contribution >= 0.6 is 0 Å². The number of halogens is 3. The summed E-state index contributed by atoms with van der Waals surface area (Å²) in [4.78, 5) is 17.7. The van der Waals surface area contributed by atoms with Crippen molar-refractivity contribution in [1.82, 2.24) is 9.88 Å². The number of likely N-dealkylation sites (tertiary alicyclic amines) is 1. The van der Waals surface area contributed by atoms with E-state index in [-0.39, 0.29) is 23.8 Å². The summed E-state index contributed by atoms with van der Waals surface area (Å²) in [5.41, 5.74) is 1.43. The van der Waals surface area contributed by atoms with Crippen LogP contribution in [-0.4, -0.2) is 47.7 Å². The van der Waals surface area contributed by atoms with Gasteiger partial charge in [-0.3, -0.25) is 14.7 Å². The van der Waals surface area contributed by atoms with Crippen LogP contribution in [-0.2, 0) is 4.79 Å². The number of hydrogen-bond donors (Lipinski definition) is 1. The molecule has 2 aromatic carbocycles. The zero-order valence-corrected chi connectivity index (χ0v) is 21.3. The minimum Gasteiger partial charge on any atom is -0.497 e. The number of aromatic nitrogens is 1. The minimum absolute atomic E-state index is 0.0509. The van der Waals surface area contributed by atoms with Gasteiger partial charge in [-0.05, 0) is 86.0 Å². The van der Waals surface area contributed by atoms with Gasteiger partial charge in [0.25, 0.3) is 0 Å². The number of carboxylic acid groups (broad SMARTS) is 1. The Morgan fingerprint density at radius 2 is 2.03 bits per heavy atom. The topological polar surface area (TPSA) is 62.7 Å². The lowest BCUT2D eigenvalue weighted by molar-refractivity contribution is -0.137. The Bertz CT molecular complexity index is 1340. The van der Waals surface area contributed by atoms with E-state index in [2.05, 4.69) is 21.7 Å². The minimum atomic E-state index is -1.18. The molecule has 8 heteroatoms. The van der Waals surface area contributed by atoms with Gasteiger partial charge in [0.1, 0.15) is 23.6 Å². The Morgan fingerprint density at radius 1 is 1.18 bits per heavy atom. The monoisotopic (exact) mass is 524 g/mol. The maximum atomic E-state index is 15.5. The van der Waals surface area contributed by atoms with Crippen LogP contribution in [0, 0.1) is 35.3 Å². The number of alkyl halides is 1. The number of methoxy groups -OCH3 is 1. The average molecular weight is 525 g/mol. The van der Waals surface area contributed by atoms with Crippen molar-refractivity contribution < 1.29 is 27.8 Å². The molecule has 1 aromatic heterocycles. The van der Waals surface area contributed by atoms with E-state index in [0.29, 0.717) is 49.2 Å². The van der Waals surface area contributed by atoms with Gasteiger partial charge >= 0.3 is 5.97 Å². The van der Waals surface area contributed by atoms with Gasteiger partial charge in [0.05, 0.1) is 24.7 Å². The fraction of sp³-hybridized carbons (Fsp3) is 0.400. The van der Waals surface area contributed by atoms with Gasteiger partial charge in [-0.1, -0.05) is 11.8 Å². The van der Waals surface area contributed by atoms with Crippen LogP contribution in [0.4, 0.5) is 13.2 Å². The third-order valence-electron chi connectivity index (χ3n) is 7.27. The Labute approximate surface area is 220 Å². The summed E-state index contributed by atoms with van der Waals surface area (Å²) in [6.07, 6.45) is 2.76. The molecule has 0 amide bonds. The molecule has 0 bridgehead atoms. The van der Waals surface area contributed by atoms with Crippen LogP contribution in [0.5, 0.6) is 5.75 Å². The third-order valence-corrected chi connectivity index (χ3v) is 7.27. The first kappa shape index (κ1) is 27.5. The fourth-order valence-electron chi connectivity index (χ4n) is 5.22. The summed E-state index contributed by atoms with van der Waals surface area (Å²) < 4.78 is 47.8. The second kappa shape index (κ2) is 12.8. The van der Waals surface area contributed by atoms with Crippen LogP contribution in [0.25, 0.3) is 10.9 Å². The number of benzene rings is 2. The largest absolute Gasteiger partial charge is 0.497 e.